The summed E-state index contributed by atoms with van der Waals surface area (Å²) in [5.41, 5.74) is 25.8. The SMILES string of the molecule is C=CC(=O)N1CCCC(n2nc(-c3ccc(CCC(=O)c4c(C)cccc4F)cc3)c3c(N)ncnc32)C1.C=CC(=O)N1CCCC(n2nc(-c3ccc(CCC(=O)c4cc(OC(F)(F)F)ccc4F)cc3)c3c(N)ncnc32)C1.C=CC(=O)N1CCCC(n2nc(-c3ccc(CCC(=O)c4ccc(C(F)(F)F)cc4F)cc3)c3c(N)ncnc32)C1. The summed E-state index contributed by atoms with van der Waals surface area (Å²) >= 11 is 0. The second kappa shape index (κ2) is 36.6. The number of benzene rings is 6. The minimum Gasteiger partial charge on any atom is -0.406 e. The number of hydrogen-bond acceptors (Lipinski definition) is 19. The molecule has 15 rings (SSSR count). The van der Waals surface area contributed by atoms with Gasteiger partial charge in [-0.3, -0.25) is 28.8 Å². The average molecular weight is 1660 g/mol. The van der Waals surface area contributed by atoms with E-state index in [0.717, 1.165) is 90.6 Å². The van der Waals surface area contributed by atoms with E-state index < -0.39 is 58.4 Å². The van der Waals surface area contributed by atoms with Crippen LogP contribution in [-0.4, -0.2) is 155 Å². The number of nitrogens with two attached hydrogens (primary N) is 3. The van der Waals surface area contributed by atoms with Crippen LogP contribution in [-0.2, 0) is 39.8 Å². The number of nitrogen functional groups attached to an aromatic ring is 3. The number of ketones is 3. The first kappa shape index (κ1) is 85.1. The van der Waals surface area contributed by atoms with Crippen LogP contribution in [0.4, 0.5) is 57.0 Å². The first-order valence-electron chi connectivity index (χ1n) is 38.7. The Morgan fingerprint density at radius 2 is 0.835 bits per heavy atom. The Labute approximate surface area is 686 Å². The summed E-state index contributed by atoms with van der Waals surface area (Å²) in [4.78, 5) is 105. The molecule has 3 amide bonds. The highest BCUT2D eigenvalue weighted by Gasteiger charge is 2.36. The maximum absolute atomic E-state index is 14.2. The first-order valence-corrected chi connectivity index (χ1v) is 38.7. The molecule has 6 aromatic heterocycles. The van der Waals surface area contributed by atoms with Crippen molar-refractivity contribution in [1.29, 1.82) is 0 Å². The van der Waals surface area contributed by atoms with E-state index >= 15 is 0 Å². The van der Waals surface area contributed by atoms with Gasteiger partial charge in [-0.2, -0.15) is 28.5 Å². The monoisotopic (exact) mass is 1660 g/mol. The number of aromatic nitrogens is 12. The summed E-state index contributed by atoms with van der Waals surface area (Å²) in [6, 6.07) is 30.7. The number of anilines is 3. The van der Waals surface area contributed by atoms with Gasteiger partial charge in [-0.1, -0.05) is 105 Å². The fourth-order valence-corrected chi connectivity index (χ4v) is 15.3. The van der Waals surface area contributed by atoms with Gasteiger partial charge in [0.15, 0.2) is 34.3 Å². The largest absolute Gasteiger partial charge is 0.573 e. The van der Waals surface area contributed by atoms with Crippen molar-refractivity contribution in [2.75, 3.05) is 56.5 Å². The number of hydrogen-bond donors (Lipinski definition) is 3. The van der Waals surface area contributed by atoms with Gasteiger partial charge in [-0.25, -0.2) is 57.1 Å². The van der Waals surface area contributed by atoms with Crippen LogP contribution in [0.5, 0.6) is 5.75 Å². The lowest BCUT2D eigenvalue weighted by molar-refractivity contribution is -0.274. The van der Waals surface area contributed by atoms with Gasteiger partial charge >= 0.3 is 12.5 Å². The van der Waals surface area contributed by atoms with Crippen LogP contribution in [0, 0.1) is 24.4 Å². The molecule has 0 radical (unpaired) electrons. The van der Waals surface area contributed by atoms with Gasteiger partial charge in [0.1, 0.15) is 76.7 Å². The van der Waals surface area contributed by atoms with E-state index in [-0.39, 0.29) is 96.5 Å². The molecule has 0 spiro atoms. The molecule has 6 N–H and O–H groups in total. The Morgan fingerprint density at radius 1 is 0.455 bits per heavy atom. The highest BCUT2D eigenvalue weighted by atomic mass is 19.4. The predicted octanol–water partition coefficient (Wildman–Crippen LogP) is 15.4. The smallest absolute Gasteiger partial charge is 0.406 e. The minimum atomic E-state index is -4.96. The lowest BCUT2D eigenvalue weighted by atomic mass is 9.98. The zero-order valence-electron chi connectivity index (χ0n) is 65.4. The number of ether oxygens (including phenoxy) is 1. The number of halogens is 9. The second-order valence-electron chi connectivity index (χ2n) is 29.3. The lowest BCUT2D eigenvalue weighted by Crippen LogP contribution is -2.40. The van der Waals surface area contributed by atoms with Gasteiger partial charge in [0, 0.05) is 75.2 Å². The van der Waals surface area contributed by atoms with E-state index in [9.17, 15) is 68.3 Å². The van der Waals surface area contributed by atoms with Crippen molar-refractivity contribution in [2.24, 2.45) is 0 Å². The summed E-state index contributed by atoms with van der Waals surface area (Å²) in [5, 5.41) is 16.4. The molecular weight excluding hydrogens is 1580 g/mol. The van der Waals surface area contributed by atoms with Crippen molar-refractivity contribution >= 4 is 85.6 Å². The summed E-state index contributed by atoms with van der Waals surface area (Å²) in [7, 11) is 0. The van der Waals surface area contributed by atoms with E-state index in [1.807, 2.05) is 41.1 Å². The van der Waals surface area contributed by atoms with Crippen molar-refractivity contribution in [2.45, 2.75) is 115 Å². The first-order chi connectivity index (χ1) is 58.0. The highest BCUT2D eigenvalue weighted by molar-refractivity contribution is 6.02. The average Bonchev–Trinajstić information content (AvgIpc) is 1.60. The van der Waals surface area contributed by atoms with Crippen molar-refractivity contribution in [3.8, 4) is 39.5 Å². The van der Waals surface area contributed by atoms with E-state index in [1.165, 1.54) is 43.3 Å². The summed E-state index contributed by atoms with van der Waals surface area (Å²) in [5.74, 6) is -4.27. The molecule has 25 nitrogen and oxygen atoms in total. The van der Waals surface area contributed by atoms with Crippen molar-refractivity contribution in [3.63, 3.8) is 0 Å². The molecule has 0 bridgehead atoms. The number of amides is 3. The third-order valence-electron chi connectivity index (χ3n) is 21.4. The zero-order chi connectivity index (χ0) is 86.1. The third-order valence-corrected chi connectivity index (χ3v) is 21.4. The van der Waals surface area contributed by atoms with Gasteiger partial charge in [0.25, 0.3) is 0 Å². The molecule has 12 aromatic rings. The lowest BCUT2D eigenvalue weighted by Gasteiger charge is -2.32. The van der Waals surface area contributed by atoms with Crippen molar-refractivity contribution in [1.82, 2.24) is 73.9 Å². The molecule has 3 fully saturated rings. The van der Waals surface area contributed by atoms with Gasteiger partial charge in [0.05, 0.1) is 56.5 Å². The predicted molar refractivity (Wildman–Crippen MR) is 434 cm³/mol. The maximum atomic E-state index is 14.2. The molecule has 34 heteroatoms. The number of rotatable bonds is 22. The fourth-order valence-electron chi connectivity index (χ4n) is 15.3. The fraction of sp³-hybridized carbons (Fsp3) is 0.276. The number of carbonyl (C=O) groups excluding carboxylic acids is 6. The summed E-state index contributed by atoms with van der Waals surface area (Å²) < 4.78 is 128. The molecular formula is C87H81F9N18O7. The minimum absolute atomic E-state index is 0.0506. The van der Waals surface area contributed by atoms with Crippen LogP contribution < -0.4 is 21.9 Å². The van der Waals surface area contributed by atoms with Crippen LogP contribution in [0.15, 0.2) is 184 Å². The maximum Gasteiger partial charge on any atom is 0.573 e. The van der Waals surface area contributed by atoms with Gasteiger partial charge in [-0.05, 0) is 148 Å². The Kier molecular flexibility index (Phi) is 25.7. The Hall–Kier alpha value is -13.8. The molecule has 3 saturated heterocycles. The standard InChI is InChI=1S/C29H26F4N6O3.C29H26F4N6O2.C29H29FN6O2/c1-2-24(41)38-13-3-4-19(15-38)39-28-25(27(34)35-16-36-28)26(37-39)18-8-5-17(6-9-18)7-12-23(40)21-14-20(10-11-22(21)30)42-29(31,32)33;1-2-24(41)38-13-3-4-20(15-38)39-28-25(27(34)35-16-36-28)26(37-39)18-8-5-17(6-9-18)7-12-23(40)21-11-10-19(14-22(21)30)29(31,32)33;1-3-24(38)35-15-5-7-21(16-35)36-29-26(28(31)32-17-33-29)27(34-36)20-12-9-19(10-13-20)11-14-23(37)25-18(2)6-4-8-22(25)30/h2,5-6,8-11,14,16,19H,1,3-4,7,12-13,15H2,(H2,34,35,36);2,5-6,8-11,14,16,20H,1,3-4,7,12-13,15H2,(H2,34,35,36);3-4,6,8-10,12-13,17,21H,1,5,7,11,14-16H2,2H3,(H2,31,32,33). The summed E-state index contributed by atoms with van der Waals surface area (Å²) in [6.45, 7) is 15.9. The molecule has 121 heavy (non-hydrogen) atoms. The molecule has 3 aliphatic rings. The number of aryl methyl sites for hydroxylation is 4. The molecule has 3 unspecified atom stereocenters. The van der Waals surface area contributed by atoms with Gasteiger partial charge in [-0.15, -0.1) is 13.2 Å². The second-order valence-corrected chi connectivity index (χ2v) is 29.3. The van der Waals surface area contributed by atoms with Crippen molar-refractivity contribution < 1.29 is 73.0 Å². The van der Waals surface area contributed by atoms with Crippen molar-refractivity contribution in [3.05, 3.63) is 246 Å². The number of Topliss-reactive ketones (excluding diaryl/α,β-unsaturated/α-hetero) is 3. The number of nitrogens with zero attached hydrogens (tertiary/aromatic N) is 15. The Balaban J connectivity index is 0.000000157. The van der Waals surface area contributed by atoms with E-state index in [2.05, 4.69) is 54.4 Å². The number of alkyl halides is 6. The molecule has 9 heterocycles. The summed E-state index contributed by atoms with van der Waals surface area (Å²) in [6.07, 6.45) is 4.28. The normalized spacial score (nSPS) is 15.6. The molecule has 3 aliphatic heterocycles. The quantitative estimate of drug-likeness (QED) is 0.0322. The Bertz CT molecular complexity index is 5930. The van der Waals surface area contributed by atoms with Crippen LogP contribution >= 0.6 is 0 Å². The van der Waals surface area contributed by atoms with Gasteiger partial charge in [0.2, 0.25) is 17.7 Å². The number of piperidine rings is 3. The highest BCUT2D eigenvalue weighted by Crippen LogP contribution is 2.40. The van der Waals surface area contributed by atoms with Gasteiger partial charge < -0.3 is 36.6 Å². The topological polar surface area (TPSA) is 330 Å². The van der Waals surface area contributed by atoms with Crippen LogP contribution in [0.3, 0.4) is 0 Å². The molecule has 6 aromatic carbocycles. The molecule has 0 aliphatic carbocycles. The van der Waals surface area contributed by atoms with Crippen LogP contribution in [0.1, 0.15) is 135 Å². The molecule has 624 valence electrons. The van der Waals surface area contributed by atoms with E-state index in [4.69, 9.17) is 32.5 Å². The van der Waals surface area contributed by atoms with Crippen LogP contribution in [0.2, 0.25) is 0 Å². The third kappa shape index (κ3) is 19.3. The number of fused-ring (bicyclic) bond motifs is 3. The molecule has 3 atom stereocenters. The number of carbonyl (C=O) groups is 6. The van der Waals surface area contributed by atoms with E-state index in [0.29, 0.717) is 125 Å². The Morgan fingerprint density at radius 3 is 1.19 bits per heavy atom. The van der Waals surface area contributed by atoms with E-state index in [1.54, 1.807) is 79.5 Å². The number of likely N-dealkylation sites (tertiary alicyclic amines) is 3. The zero-order valence-corrected chi connectivity index (χ0v) is 65.4. The molecule has 0 saturated carbocycles. The van der Waals surface area contributed by atoms with Crippen LogP contribution in [0.25, 0.3) is 66.9 Å².